The summed E-state index contributed by atoms with van der Waals surface area (Å²) in [5, 5.41) is 4.29. The summed E-state index contributed by atoms with van der Waals surface area (Å²) in [6.45, 7) is 2.03. The van der Waals surface area contributed by atoms with Crippen LogP contribution in [-0.4, -0.2) is 28.7 Å². The largest absolute Gasteiger partial charge is 0.457 e. The molecular weight excluding hydrogens is 455 g/mol. The van der Waals surface area contributed by atoms with Gasteiger partial charge in [0.15, 0.2) is 0 Å². The number of pyridine rings is 1. The van der Waals surface area contributed by atoms with E-state index >= 15 is 0 Å². The summed E-state index contributed by atoms with van der Waals surface area (Å²) in [6.07, 6.45) is 5.07. The van der Waals surface area contributed by atoms with Gasteiger partial charge >= 0.3 is 0 Å². The van der Waals surface area contributed by atoms with Crippen LogP contribution in [-0.2, 0) is 0 Å². The van der Waals surface area contributed by atoms with Gasteiger partial charge in [-0.25, -0.2) is 19.0 Å². The summed E-state index contributed by atoms with van der Waals surface area (Å²) in [4.78, 5) is 9.37. The Morgan fingerprint density at radius 2 is 1.69 bits per heavy atom. The molecule has 0 saturated carbocycles. The third-order valence-electron chi connectivity index (χ3n) is 6.26. The number of halogens is 1. The molecular formula is C28H19FN6O. The minimum Gasteiger partial charge on any atom is -0.457 e. The summed E-state index contributed by atoms with van der Waals surface area (Å²) in [7, 11) is 0. The van der Waals surface area contributed by atoms with Gasteiger partial charge in [-0.05, 0) is 55.0 Å². The summed E-state index contributed by atoms with van der Waals surface area (Å²) < 4.78 is 26.2. The zero-order valence-electron chi connectivity index (χ0n) is 19.2. The molecule has 7 rings (SSSR count). The van der Waals surface area contributed by atoms with Crippen molar-refractivity contribution in [3.05, 3.63) is 109 Å². The molecule has 0 fully saturated rings. The van der Waals surface area contributed by atoms with Crippen molar-refractivity contribution < 1.29 is 9.13 Å². The Balaban J connectivity index is 1.43. The van der Waals surface area contributed by atoms with E-state index in [9.17, 15) is 4.39 Å². The molecule has 0 N–H and O–H groups in total. The number of ether oxygens (including phenoxy) is 1. The quantitative estimate of drug-likeness (QED) is 0.302. The third kappa shape index (κ3) is 3.15. The number of para-hydroxylation sites is 1. The van der Waals surface area contributed by atoms with E-state index in [0.717, 1.165) is 33.3 Å². The number of aromatic nitrogens is 6. The predicted molar refractivity (Wildman–Crippen MR) is 136 cm³/mol. The Kier molecular flexibility index (Phi) is 4.41. The second kappa shape index (κ2) is 7.78. The zero-order valence-corrected chi connectivity index (χ0v) is 19.2. The van der Waals surface area contributed by atoms with Crippen LogP contribution in [0.5, 0.6) is 11.5 Å². The third-order valence-corrected chi connectivity index (χ3v) is 6.26. The van der Waals surface area contributed by atoms with Crippen molar-refractivity contribution >= 4 is 27.8 Å². The fourth-order valence-corrected chi connectivity index (χ4v) is 4.65. The van der Waals surface area contributed by atoms with Gasteiger partial charge in [-0.2, -0.15) is 5.10 Å². The van der Waals surface area contributed by atoms with Crippen LogP contribution < -0.4 is 4.74 Å². The van der Waals surface area contributed by atoms with Crippen molar-refractivity contribution in [3.8, 4) is 23.0 Å². The van der Waals surface area contributed by atoms with Crippen molar-refractivity contribution in [1.29, 1.82) is 0 Å². The number of hydrogen-bond acceptors (Lipinski definition) is 4. The van der Waals surface area contributed by atoms with Crippen LogP contribution in [0.25, 0.3) is 39.3 Å². The number of fused-ring (bicyclic) bond motifs is 5. The number of nitrogens with zero attached hydrogens (tertiary/aromatic N) is 6. The average molecular weight is 474 g/mol. The molecule has 0 aliphatic rings. The maximum atomic E-state index is 14.2. The number of rotatable bonds is 4. The molecule has 8 heteroatoms. The molecule has 7 nitrogen and oxygen atoms in total. The molecule has 0 spiro atoms. The molecule has 174 valence electrons. The Morgan fingerprint density at radius 1 is 0.806 bits per heavy atom. The fourth-order valence-electron chi connectivity index (χ4n) is 4.65. The standard InChI is InChI=1S/C28H19FN6O/c1-18-5-2-8-24-27(18)32-28-34(24)23-10-9-22(17-25(23)35(28)26-15-19(29)11-13-30-26)36-21-7-3-6-20(16-21)33-14-4-12-31-33/h2-17H,1H3. The Morgan fingerprint density at radius 3 is 2.56 bits per heavy atom. The smallest absolute Gasteiger partial charge is 0.221 e. The molecule has 0 unspecified atom stereocenters. The number of hydrogen-bond donors (Lipinski definition) is 0. The van der Waals surface area contributed by atoms with E-state index in [0.29, 0.717) is 23.1 Å². The topological polar surface area (TPSA) is 62.2 Å². The van der Waals surface area contributed by atoms with Crippen LogP contribution >= 0.6 is 0 Å². The maximum absolute atomic E-state index is 14.2. The van der Waals surface area contributed by atoms with Gasteiger partial charge in [0.2, 0.25) is 5.78 Å². The Labute approximate surface area is 204 Å². The second-order valence-electron chi connectivity index (χ2n) is 8.56. The molecule has 0 saturated heterocycles. The molecule has 0 radical (unpaired) electrons. The summed E-state index contributed by atoms with van der Waals surface area (Å²) in [5.74, 6) is 2.05. The first-order valence-electron chi connectivity index (χ1n) is 11.5. The van der Waals surface area contributed by atoms with Gasteiger partial charge in [0.05, 0.1) is 27.8 Å². The van der Waals surface area contributed by atoms with Crippen molar-refractivity contribution in [2.45, 2.75) is 6.92 Å². The molecule has 4 heterocycles. The molecule has 3 aromatic carbocycles. The highest BCUT2D eigenvalue weighted by atomic mass is 19.1. The Bertz CT molecular complexity index is 1900. The highest BCUT2D eigenvalue weighted by Crippen LogP contribution is 2.33. The van der Waals surface area contributed by atoms with E-state index in [1.807, 2.05) is 84.4 Å². The minimum atomic E-state index is -0.366. The first-order chi connectivity index (χ1) is 17.7. The molecule has 7 aromatic rings. The van der Waals surface area contributed by atoms with Gasteiger partial charge in [0, 0.05) is 36.8 Å². The normalized spacial score (nSPS) is 11.6. The first-order valence-corrected chi connectivity index (χ1v) is 11.5. The minimum absolute atomic E-state index is 0.366. The van der Waals surface area contributed by atoms with Crippen LogP contribution in [0.1, 0.15) is 5.56 Å². The average Bonchev–Trinajstić information content (AvgIpc) is 3.60. The lowest BCUT2D eigenvalue weighted by atomic mass is 10.2. The van der Waals surface area contributed by atoms with E-state index < -0.39 is 0 Å². The Hall–Kier alpha value is -4.98. The van der Waals surface area contributed by atoms with Crippen molar-refractivity contribution in [2.24, 2.45) is 0 Å². The SMILES string of the molecule is Cc1cccc2c1nc1n(-c3cc(F)ccn3)c3cc(Oc4cccc(-n5cccn5)c4)ccc3n21. The summed E-state index contributed by atoms with van der Waals surface area (Å²) in [6, 6.07) is 24.3. The van der Waals surface area contributed by atoms with Crippen LogP contribution in [0.3, 0.4) is 0 Å². The molecule has 0 atom stereocenters. The van der Waals surface area contributed by atoms with Gasteiger partial charge in [0.1, 0.15) is 23.1 Å². The fraction of sp³-hybridized carbons (Fsp3) is 0.0357. The lowest BCUT2D eigenvalue weighted by Crippen LogP contribution is -1.99. The maximum Gasteiger partial charge on any atom is 0.221 e. The molecule has 0 bridgehead atoms. The molecule has 4 aromatic heterocycles. The van der Waals surface area contributed by atoms with Crippen LogP contribution in [0, 0.1) is 12.7 Å². The number of benzene rings is 3. The molecule has 36 heavy (non-hydrogen) atoms. The van der Waals surface area contributed by atoms with Crippen LogP contribution in [0.2, 0.25) is 0 Å². The molecule has 0 aliphatic heterocycles. The van der Waals surface area contributed by atoms with E-state index in [-0.39, 0.29) is 5.82 Å². The highest BCUT2D eigenvalue weighted by molar-refractivity contribution is 5.93. The predicted octanol–water partition coefficient (Wildman–Crippen LogP) is 6.25. The second-order valence-corrected chi connectivity index (χ2v) is 8.56. The molecule has 0 amide bonds. The van der Waals surface area contributed by atoms with E-state index in [1.165, 1.54) is 18.3 Å². The van der Waals surface area contributed by atoms with Gasteiger partial charge in [0.25, 0.3) is 0 Å². The number of imidazole rings is 2. The van der Waals surface area contributed by atoms with Gasteiger partial charge < -0.3 is 4.74 Å². The van der Waals surface area contributed by atoms with E-state index in [1.54, 1.807) is 10.9 Å². The summed E-state index contributed by atoms with van der Waals surface area (Å²) >= 11 is 0. The lowest BCUT2D eigenvalue weighted by molar-refractivity contribution is 0.483. The lowest BCUT2D eigenvalue weighted by Gasteiger charge is -2.09. The van der Waals surface area contributed by atoms with Gasteiger partial charge in [-0.1, -0.05) is 18.2 Å². The highest BCUT2D eigenvalue weighted by Gasteiger charge is 2.19. The van der Waals surface area contributed by atoms with Gasteiger partial charge in [-0.3, -0.25) is 8.97 Å². The van der Waals surface area contributed by atoms with Crippen molar-refractivity contribution in [2.75, 3.05) is 0 Å². The number of aryl methyl sites for hydroxylation is 1. The summed E-state index contributed by atoms with van der Waals surface area (Å²) in [5.41, 5.74) is 5.56. The van der Waals surface area contributed by atoms with Crippen LogP contribution in [0.15, 0.2) is 97.5 Å². The first kappa shape index (κ1) is 20.4. The van der Waals surface area contributed by atoms with E-state index in [2.05, 4.69) is 14.5 Å². The van der Waals surface area contributed by atoms with Gasteiger partial charge in [-0.15, -0.1) is 0 Å². The van der Waals surface area contributed by atoms with Crippen molar-refractivity contribution in [1.82, 2.24) is 28.7 Å². The van der Waals surface area contributed by atoms with Crippen LogP contribution in [0.4, 0.5) is 4.39 Å². The monoisotopic (exact) mass is 474 g/mol. The zero-order chi connectivity index (χ0) is 24.2. The molecule has 0 aliphatic carbocycles. The van der Waals surface area contributed by atoms with Crippen molar-refractivity contribution in [3.63, 3.8) is 0 Å². The van der Waals surface area contributed by atoms with E-state index in [4.69, 9.17) is 9.72 Å².